The third kappa shape index (κ3) is 7.21. The predicted octanol–water partition coefficient (Wildman–Crippen LogP) is 2.64. The Morgan fingerprint density at radius 1 is 1.11 bits per heavy atom. The molecule has 0 aliphatic heterocycles. The van der Waals surface area contributed by atoms with Gasteiger partial charge in [0.2, 0.25) is 5.88 Å². The summed E-state index contributed by atoms with van der Waals surface area (Å²) in [5.74, 6) is 1.17. The van der Waals surface area contributed by atoms with Gasteiger partial charge in [-0.2, -0.15) is 0 Å². The summed E-state index contributed by atoms with van der Waals surface area (Å²) in [6.07, 6.45) is 5.60. The first-order valence-corrected chi connectivity index (χ1v) is 12.4. The minimum atomic E-state index is -4.87. The second-order valence-corrected chi connectivity index (χ2v) is 9.00. The minimum absolute atomic E-state index is 0.194. The first-order valence-electron chi connectivity index (χ1n) is 10.9. The van der Waals surface area contributed by atoms with E-state index in [2.05, 4.69) is 26.8 Å². The number of benzene rings is 1. The fraction of sp³-hybridized carbons (Fsp3) is 0.208. The highest BCUT2D eigenvalue weighted by Gasteiger charge is 2.18. The Hall–Kier alpha value is -3.56. The maximum Gasteiger partial charge on any atom is 0.285 e. The van der Waals surface area contributed by atoms with Gasteiger partial charge in [-0.1, -0.05) is 41.6 Å². The van der Waals surface area contributed by atoms with Gasteiger partial charge < -0.3 is 19.0 Å². The summed E-state index contributed by atoms with van der Waals surface area (Å²) in [4.78, 5) is 24.0. The molecule has 3 heterocycles. The molecule has 0 fully saturated rings. The molecular formula is C24H25N4O6P. The van der Waals surface area contributed by atoms with Gasteiger partial charge in [-0.3, -0.25) is 14.8 Å². The van der Waals surface area contributed by atoms with Crippen LogP contribution >= 0.6 is 7.82 Å². The number of anilines is 1. The zero-order valence-electron chi connectivity index (χ0n) is 18.8. The van der Waals surface area contributed by atoms with Gasteiger partial charge in [-0.15, -0.1) is 0 Å². The maximum atomic E-state index is 10.9. The number of aryl methyl sites for hydroxylation is 1. The fourth-order valence-corrected chi connectivity index (χ4v) is 3.72. The lowest BCUT2D eigenvalue weighted by Gasteiger charge is -2.14. The summed E-state index contributed by atoms with van der Waals surface area (Å²) in [5, 5.41) is 4.09. The van der Waals surface area contributed by atoms with E-state index in [0.29, 0.717) is 35.9 Å². The molecule has 1 aromatic carbocycles. The maximum absolute atomic E-state index is 10.9. The van der Waals surface area contributed by atoms with Crippen LogP contribution in [-0.2, 0) is 28.7 Å². The van der Waals surface area contributed by atoms with Gasteiger partial charge in [0, 0.05) is 24.8 Å². The fourth-order valence-electron chi connectivity index (χ4n) is 3.45. The quantitative estimate of drug-likeness (QED) is 0.182. The highest BCUT2D eigenvalue weighted by Crippen LogP contribution is 2.30. The summed E-state index contributed by atoms with van der Waals surface area (Å²) in [6.45, 7) is 0.117. The van der Waals surface area contributed by atoms with E-state index in [-0.39, 0.29) is 5.82 Å². The number of pyridine rings is 2. The number of ether oxygens (including phenoxy) is 1. The Labute approximate surface area is 202 Å². The average Bonchev–Trinajstić information content (AvgIpc) is 3.30. The molecule has 0 radical (unpaired) electrons. The molecule has 4 aromatic rings. The molecule has 1 unspecified atom stereocenters. The Bertz CT molecular complexity index is 1290. The molecule has 1 atom stereocenters. The van der Waals surface area contributed by atoms with Gasteiger partial charge in [-0.05, 0) is 36.1 Å². The second kappa shape index (κ2) is 11.2. The highest BCUT2D eigenvalue weighted by molar-refractivity contribution is 7.44. The highest BCUT2D eigenvalue weighted by atomic mass is 31.2. The number of rotatable bonds is 11. The van der Waals surface area contributed by atoms with Crippen LogP contribution in [0.5, 0.6) is 5.88 Å². The molecule has 3 N–H and O–H groups in total. The Kier molecular flexibility index (Phi) is 7.89. The van der Waals surface area contributed by atoms with Crippen LogP contribution < -0.4 is 19.9 Å². The van der Waals surface area contributed by atoms with Crippen LogP contribution in [0.1, 0.15) is 23.2 Å². The lowest BCUT2D eigenvalue weighted by atomic mass is 10.1. The molecule has 4 rings (SSSR count). The Morgan fingerprint density at radius 2 is 1.94 bits per heavy atom. The van der Waals surface area contributed by atoms with Crippen molar-refractivity contribution in [3.05, 3.63) is 89.9 Å². The number of nitrogen functional groups attached to an aromatic ring is 1. The molecule has 35 heavy (non-hydrogen) atoms. The van der Waals surface area contributed by atoms with E-state index in [4.69, 9.17) is 19.9 Å². The van der Waals surface area contributed by atoms with Crippen LogP contribution in [0, 0.1) is 0 Å². The molecule has 0 bridgehead atoms. The number of nitrogens with zero attached hydrogens (tertiary/aromatic N) is 3. The summed E-state index contributed by atoms with van der Waals surface area (Å²) >= 11 is 0. The Morgan fingerprint density at radius 3 is 2.69 bits per heavy atom. The van der Waals surface area contributed by atoms with E-state index in [1.807, 2.05) is 30.3 Å². The van der Waals surface area contributed by atoms with Crippen molar-refractivity contribution in [3.63, 3.8) is 0 Å². The number of phosphoric acid groups is 1. The van der Waals surface area contributed by atoms with Crippen molar-refractivity contribution in [1.82, 2.24) is 10.1 Å². The molecule has 0 aliphatic carbocycles. The van der Waals surface area contributed by atoms with Crippen LogP contribution in [0.4, 0.5) is 5.82 Å². The Balaban J connectivity index is 1.32. The van der Waals surface area contributed by atoms with Gasteiger partial charge in [0.25, 0.3) is 13.6 Å². The van der Waals surface area contributed by atoms with Gasteiger partial charge in [0.1, 0.15) is 5.56 Å². The number of phosphoric ester groups is 1. The molecule has 11 heteroatoms. The van der Waals surface area contributed by atoms with Crippen molar-refractivity contribution in [3.8, 4) is 17.2 Å². The van der Waals surface area contributed by atoms with E-state index in [1.54, 1.807) is 24.4 Å². The molecule has 182 valence electrons. The standard InChI is InChI=1S/C24H25N4O6P/c25-24-21(9-4-12-28(24)17-33-35(29,30)31)22-15-20(27-34-22)14-19-10-11-23(26-16-19)32-13-5-8-18-6-2-1-3-7-18/h1-4,6-7,9-12,15-16,25H,5,8,13-14,17H2,(H2,29,30,31). The van der Waals surface area contributed by atoms with E-state index in [0.717, 1.165) is 18.4 Å². The third-order valence-electron chi connectivity index (χ3n) is 5.18. The minimum Gasteiger partial charge on any atom is -0.756 e. The second-order valence-electron chi connectivity index (χ2n) is 7.81. The van der Waals surface area contributed by atoms with Crippen molar-refractivity contribution in [1.29, 1.82) is 0 Å². The predicted molar refractivity (Wildman–Crippen MR) is 125 cm³/mol. The van der Waals surface area contributed by atoms with Crippen molar-refractivity contribution in [2.75, 3.05) is 12.3 Å². The molecule has 0 saturated carbocycles. The third-order valence-corrected chi connectivity index (χ3v) is 5.63. The van der Waals surface area contributed by atoms with Gasteiger partial charge in [-0.25, -0.2) is 9.55 Å². The molecule has 0 amide bonds. The molecule has 3 aromatic heterocycles. The average molecular weight is 496 g/mol. The lowest BCUT2D eigenvalue weighted by Crippen LogP contribution is -2.38. The van der Waals surface area contributed by atoms with Crippen LogP contribution in [0.25, 0.3) is 11.3 Å². The van der Waals surface area contributed by atoms with E-state index < -0.39 is 14.6 Å². The first kappa shape index (κ1) is 24.6. The molecule has 0 spiro atoms. The zero-order valence-corrected chi connectivity index (χ0v) is 19.7. The van der Waals surface area contributed by atoms with Gasteiger partial charge >= 0.3 is 0 Å². The molecule has 0 aliphatic rings. The number of aromatic nitrogens is 3. The summed E-state index contributed by atoms with van der Waals surface area (Å²) in [7, 11) is -4.87. The van der Waals surface area contributed by atoms with Gasteiger partial charge in [0.15, 0.2) is 12.5 Å². The lowest BCUT2D eigenvalue weighted by molar-refractivity contribution is -0.712. The SMILES string of the molecule is Nc1c(-c2cc(Cc3ccc(OCCCc4ccccc4)nc3)no2)ccc[n+]1COP(=O)([O-])O. The zero-order chi connectivity index (χ0) is 24.7. The first-order chi connectivity index (χ1) is 16.9. The van der Waals surface area contributed by atoms with E-state index >= 15 is 0 Å². The van der Waals surface area contributed by atoms with Crippen molar-refractivity contribution in [2.45, 2.75) is 26.0 Å². The number of hydrogen-bond acceptors (Lipinski definition) is 8. The summed E-state index contributed by atoms with van der Waals surface area (Å²) < 4.78 is 27.8. The normalized spacial score (nSPS) is 12.9. The van der Waals surface area contributed by atoms with Crippen molar-refractivity contribution >= 4 is 13.6 Å². The van der Waals surface area contributed by atoms with Crippen LogP contribution in [0.2, 0.25) is 0 Å². The van der Waals surface area contributed by atoms with Crippen molar-refractivity contribution in [2.24, 2.45) is 0 Å². The van der Waals surface area contributed by atoms with Crippen LogP contribution in [0.15, 0.2) is 77.6 Å². The topological polar surface area (TPSA) is 148 Å². The monoisotopic (exact) mass is 496 g/mol. The van der Waals surface area contributed by atoms with E-state index in [1.165, 1.54) is 16.3 Å². The molecular weight excluding hydrogens is 471 g/mol. The van der Waals surface area contributed by atoms with Crippen LogP contribution in [-0.4, -0.2) is 21.6 Å². The van der Waals surface area contributed by atoms with Crippen LogP contribution in [0.3, 0.4) is 0 Å². The molecule has 10 nitrogen and oxygen atoms in total. The van der Waals surface area contributed by atoms with Gasteiger partial charge in [0.05, 0.1) is 18.5 Å². The number of nitrogens with two attached hydrogens (primary N) is 1. The number of hydrogen-bond donors (Lipinski definition) is 2. The van der Waals surface area contributed by atoms with Crippen molar-refractivity contribution < 1.29 is 32.7 Å². The molecule has 0 saturated heterocycles. The summed E-state index contributed by atoms with van der Waals surface area (Å²) in [6, 6.07) is 19.1. The van der Waals surface area contributed by atoms with E-state index in [9.17, 15) is 9.46 Å². The smallest absolute Gasteiger partial charge is 0.285 e. The summed E-state index contributed by atoms with van der Waals surface area (Å²) in [5.41, 5.74) is 9.49. The largest absolute Gasteiger partial charge is 0.756 e.